The normalized spacial score (nSPS) is 29.6. The zero-order valence-corrected chi connectivity index (χ0v) is 11.9. The van der Waals surface area contributed by atoms with Gasteiger partial charge in [-0.2, -0.15) is 0 Å². The molecule has 3 rings (SSSR count). The van der Waals surface area contributed by atoms with Crippen LogP contribution in [0.3, 0.4) is 0 Å². The molecule has 0 saturated heterocycles. The molecule has 0 spiro atoms. The number of nitrogens with one attached hydrogen (secondary N) is 2. The van der Waals surface area contributed by atoms with E-state index in [0.717, 1.165) is 37.8 Å². The second-order valence-corrected chi connectivity index (χ2v) is 5.77. The molecule has 1 heterocycles. The molecular weight excluding hydrogens is 252 g/mol. The van der Waals surface area contributed by atoms with Gasteiger partial charge in [0.1, 0.15) is 0 Å². The lowest BCUT2D eigenvalue weighted by Crippen LogP contribution is -2.44. The Balaban J connectivity index is 1.63. The predicted octanol–water partition coefficient (Wildman–Crippen LogP) is 2.10. The highest BCUT2D eigenvalue weighted by Gasteiger charge is 2.30. The van der Waals surface area contributed by atoms with Crippen LogP contribution in [0.15, 0.2) is 24.3 Å². The number of methoxy groups -OCH3 is 1. The Bertz CT molecular complexity index is 489. The molecule has 3 unspecified atom stereocenters. The number of carbonyl (C=O) groups excluding carboxylic acids is 1. The highest BCUT2D eigenvalue weighted by molar-refractivity contribution is 5.96. The van der Waals surface area contributed by atoms with Crippen LogP contribution < -0.4 is 10.6 Å². The van der Waals surface area contributed by atoms with Crippen molar-refractivity contribution in [1.29, 1.82) is 0 Å². The van der Waals surface area contributed by atoms with Crippen LogP contribution in [0, 0.1) is 0 Å². The van der Waals surface area contributed by atoms with Gasteiger partial charge in [0.2, 0.25) is 5.91 Å². The average molecular weight is 274 g/mol. The van der Waals surface area contributed by atoms with E-state index in [0.29, 0.717) is 12.1 Å². The van der Waals surface area contributed by atoms with Gasteiger partial charge < -0.3 is 15.4 Å². The van der Waals surface area contributed by atoms with Gasteiger partial charge in [-0.25, -0.2) is 0 Å². The summed E-state index contributed by atoms with van der Waals surface area (Å²) < 4.78 is 5.39. The third-order valence-corrected chi connectivity index (χ3v) is 4.45. The summed E-state index contributed by atoms with van der Waals surface area (Å²) in [6.45, 7) is 0. The number of aryl methyl sites for hydroxylation is 1. The number of hydrogen-bond donors (Lipinski definition) is 2. The van der Waals surface area contributed by atoms with Crippen LogP contribution in [0.2, 0.25) is 0 Å². The second-order valence-electron chi connectivity index (χ2n) is 5.77. The van der Waals surface area contributed by atoms with Crippen molar-refractivity contribution in [3.63, 3.8) is 0 Å². The number of ether oxygens (including phenoxy) is 1. The fourth-order valence-corrected chi connectivity index (χ4v) is 3.26. The van der Waals surface area contributed by atoms with Crippen LogP contribution in [0.5, 0.6) is 0 Å². The minimum absolute atomic E-state index is 0.0933. The molecule has 1 aromatic rings. The molecule has 0 radical (unpaired) electrons. The van der Waals surface area contributed by atoms with Gasteiger partial charge in [0, 0.05) is 18.8 Å². The number of carbonyl (C=O) groups is 1. The van der Waals surface area contributed by atoms with E-state index in [4.69, 9.17) is 4.74 Å². The summed E-state index contributed by atoms with van der Waals surface area (Å²) in [5.41, 5.74) is 2.19. The van der Waals surface area contributed by atoms with E-state index in [1.165, 1.54) is 5.56 Å². The van der Waals surface area contributed by atoms with Gasteiger partial charge in [-0.05, 0) is 43.7 Å². The largest absolute Gasteiger partial charge is 0.381 e. The minimum atomic E-state index is -0.0944. The van der Waals surface area contributed by atoms with Crippen molar-refractivity contribution in [2.24, 2.45) is 0 Å². The number of benzene rings is 1. The Morgan fingerprint density at radius 1 is 1.25 bits per heavy atom. The molecule has 2 N–H and O–H groups in total. The van der Waals surface area contributed by atoms with E-state index in [1.54, 1.807) is 7.11 Å². The van der Waals surface area contributed by atoms with Gasteiger partial charge in [-0.15, -0.1) is 0 Å². The quantitative estimate of drug-likeness (QED) is 0.887. The van der Waals surface area contributed by atoms with Gasteiger partial charge in [0.15, 0.2) is 0 Å². The van der Waals surface area contributed by atoms with Gasteiger partial charge in [0.05, 0.1) is 12.1 Å². The highest BCUT2D eigenvalue weighted by atomic mass is 16.5. The van der Waals surface area contributed by atoms with Crippen LogP contribution in [-0.2, 0) is 16.0 Å². The van der Waals surface area contributed by atoms with E-state index in [2.05, 4.69) is 16.7 Å². The maximum absolute atomic E-state index is 12.3. The molecule has 1 aliphatic heterocycles. The monoisotopic (exact) mass is 274 g/mol. The lowest BCUT2D eigenvalue weighted by atomic mass is 10.0. The van der Waals surface area contributed by atoms with Crippen molar-refractivity contribution >= 4 is 11.6 Å². The Hall–Kier alpha value is -1.39. The molecule has 1 saturated carbocycles. The van der Waals surface area contributed by atoms with E-state index >= 15 is 0 Å². The average Bonchev–Trinajstić information content (AvgIpc) is 2.85. The fourth-order valence-electron chi connectivity index (χ4n) is 3.26. The summed E-state index contributed by atoms with van der Waals surface area (Å²) in [6.07, 6.45) is 5.33. The first-order valence-corrected chi connectivity index (χ1v) is 7.44. The SMILES string of the molecule is COC1CCC(NC2CCc3ccccc3NC2=O)C1. The molecule has 1 aliphatic carbocycles. The molecule has 20 heavy (non-hydrogen) atoms. The fraction of sp³-hybridized carbons (Fsp3) is 0.562. The van der Waals surface area contributed by atoms with Crippen molar-refractivity contribution in [2.45, 2.75) is 50.3 Å². The number of hydrogen-bond acceptors (Lipinski definition) is 3. The topological polar surface area (TPSA) is 50.4 Å². The van der Waals surface area contributed by atoms with Crippen molar-refractivity contribution in [1.82, 2.24) is 5.32 Å². The first kappa shape index (κ1) is 13.6. The summed E-state index contributed by atoms with van der Waals surface area (Å²) in [4.78, 5) is 12.3. The van der Waals surface area contributed by atoms with Crippen LogP contribution in [0.4, 0.5) is 5.69 Å². The van der Waals surface area contributed by atoms with Gasteiger partial charge >= 0.3 is 0 Å². The second kappa shape index (κ2) is 5.94. The third kappa shape index (κ3) is 2.86. The predicted molar refractivity (Wildman–Crippen MR) is 78.8 cm³/mol. The van der Waals surface area contributed by atoms with E-state index in [-0.39, 0.29) is 11.9 Å². The number of amides is 1. The van der Waals surface area contributed by atoms with Gasteiger partial charge in [-0.1, -0.05) is 18.2 Å². The van der Waals surface area contributed by atoms with Crippen LogP contribution >= 0.6 is 0 Å². The Kier molecular flexibility index (Phi) is 4.03. The number of para-hydroxylation sites is 1. The first-order chi connectivity index (χ1) is 9.76. The molecule has 0 bridgehead atoms. The van der Waals surface area contributed by atoms with Gasteiger partial charge in [-0.3, -0.25) is 4.79 Å². The summed E-state index contributed by atoms with van der Waals surface area (Å²) in [5, 5.41) is 6.55. The maximum Gasteiger partial charge on any atom is 0.241 e. The lowest BCUT2D eigenvalue weighted by molar-refractivity contribution is -0.118. The smallest absolute Gasteiger partial charge is 0.241 e. The van der Waals surface area contributed by atoms with Crippen molar-refractivity contribution < 1.29 is 9.53 Å². The lowest BCUT2D eigenvalue weighted by Gasteiger charge is -2.20. The minimum Gasteiger partial charge on any atom is -0.381 e. The van der Waals surface area contributed by atoms with E-state index < -0.39 is 0 Å². The zero-order valence-electron chi connectivity index (χ0n) is 11.9. The number of fused-ring (bicyclic) bond motifs is 1. The first-order valence-electron chi connectivity index (χ1n) is 7.44. The van der Waals surface area contributed by atoms with Crippen molar-refractivity contribution in [3.8, 4) is 0 Å². The standard InChI is InChI=1S/C16H22N2O2/c1-20-13-8-7-12(10-13)17-15-9-6-11-4-2-3-5-14(11)18-16(15)19/h2-5,12-13,15,17H,6-10H2,1H3,(H,18,19). The van der Waals surface area contributed by atoms with Crippen molar-refractivity contribution in [3.05, 3.63) is 29.8 Å². The molecule has 4 nitrogen and oxygen atoms in total. The van der Waals surface area contributed by atoms with E-state index in [9.17, 15) is 4.79 Å². The number of anilines is 1. The van der Waals surface area contributed by atoms with Crippen molar-refractivity contribution in [2.75, 3.05) is 12.4 Å². The molecule has 1 amide bonds. The highest BCUT2D eigenvalue weighted by Crippen LogP contribution is 2.25. The summed E-state index contributed by atoms with van der Waals surface area (Å²) in [7, 11) is 1.77. The molecular formula is C16H22N2O2. The number of rotatable bonds is 3. The molecule has 1 fully saturated rings. The van der Waals surface area contributed by atoms with Gasteiger partial charge in [0.25, 0.3) is 0 Å². The Morgan fingerprint density at radius 2 is 2.10 bits per heavy atom. The van der Waals surface area contributed by atoms with Crippen LogP contribution in [0.25, 0.3) is 0 Å². The molecule has 2 aliphatic rings. The summed E-state index contributed by atoms with van der Waals surface area (Å²) in [6, 6.07) is 8.37. The third-order valence-electron chi connectivity index (χ3n) is 4.45. The molecule has 1 aromatic carbocycles. The zero-order chi connectivity index (χ0) is 13.9. The molecule has 4 heteroatoms. The maximum atomic E-state index is 12.3. The molecule has 0 aromatic heterocycles. The Morgan fingerprint density at radius 3 is 2.90 bits per heavy atom. The Labute approximate surface area is 119 Å². The summed E-state index contributed by atoms with van der Waals surface area (Å²) in [5.74, 6) is 0.0933. The summed E-state index contributed by atoms with van der Waals surface area (Å²) >= 11 is 0. The van der Waals surface area contributed by atoms with Crippen LogP contribution in [0.1, 0.15) is 31.2 Å². The molecule has 3 atom stereocenters. The van der Waals surface area contributed by atoms with Crippen LogP contribution in [-0.4, -0.2) is 31.2 Å². The molecule has 108 valence electrons. The van der Waals surface area contributed by atoms with E-state index in [1.807, 2.05) is 18.2 Å².